The van der Waals surface area contributed by atoms with Crippen LogP contribution < -0.4 is 5.73 Å². The smallest absolute Gasteiger partial charge is 0.249 e. The highest BCUT2D eigenvalue weighted by atomic mass is 35.5. The van der Waals surface area contributed by atoms with Gasteiger partial charge in [-0.25, -0.2) is 8.78 Å². The highest BCUT2D eigenvalue weighted by Crippen LogP contribution is 2.35. The van der Waals surface area contributed by atoms with Crippen LogP contribution >= 0.6 is 11.6 Å². The first-order valence-electron chi connectivity index (χ1n) is 9.89. The minimum atomic E-state index is -0.908. The maximum atomic E-state index is 14.5. The molecule has 2 N–H and O–H groups in total. The number of amides is 1. The zero-order chi connectivity index (χ0) is 22.4. The number of carbonyl (C=O) groups excluding carboxylic acids is 1. The lowest BCUT2D eigenvalue weighted by molar-refractivity contribution is 0.100. The van der Waals surface area contributed by atoms with E-state index in [4.69, 9.17) is 17.3 Å². The second kappa shape index (κ2) is 7.77. The summed E-state index contributed by atoms with van der Waals surface area (Å²) in [6.45, 7) is 0.0731. The van der Waals surface area contributed by atoms with E-state index in [2.05, 4.69) is 6.07 Å². The Morgan fingerprint density at radius 3 is 2.47 bits per heavy atom. The summed E-state index contributed by atoms with van der Waals surface area (Å²) in [5, 5.41) is 1.94. The predicted molar refractivity (Wildman–Crippen MR) is 123 cm³/mol. The second-order valence-corrected chi connectivity index (χ2v) is 7.95. The van der Waals surface area contributed by atoms with Gasteiger partial charge in [-0.05, 0) is 59.7 Å². The standard InChI is InChI=1S/C26H16ClF2N2O/c27-18-10-7-15(8-11-18)16-9-12-19-23(13-16)31(14-17-3-1-5-21(28)25(17)29)22-6-2-4-20(24(19)22)26(30)32/h1-11,13H,14H2,(H2,30,32). The number of hydrogen-bond donors (Lipinski definition) is 1. The van der Waals surface area contributed by atoms with Crippen LogP contribution in [0.25, 0.3) is 32.9 Å². The summed E-state index contributed by atoms with van der Waals surface area (Å²) in [7, 11) is 0. The van der Waals surface area contributed by atoms with E-state index < -0.39 is 17.5 Å². The molecule has 1 amide bonds. The number of fused-ring (bicyclic) bond motifs is 3. The third kappa shape index (κ3) is 3.31. The van der Waals surface area contributed by atoms with Crippen molar-refractivity contribution < 1.29 is 13.6 Å². The molecule has 1 aromatic heterocycles. The maximum Gasteiger partial charge on any atom is 0.249 e. The van der Waals surface area contributed by atoms with Gasteiger partial charge in [0, 0.05) is 26.9 Å². The quantitative estimate of drug-likeness (QED) is 0.344. The molecule has 0 unspecified atom stereocenters. The number of rotatable bonds is 4. The molecular weight excluding hydrogens is 430 g/mol. The van der Waals surface area contributed by atoms with E-state index in [1.54, 1.807) is 30.3 Å². The highest BCUT2D eigenvalue weighted by molar-refractivity contribution is 6.30. The maximum absolute atomic E-state index is 14.5. The molecule has 32 heavy (non-hydrogen) atoms. The number of carbonyl (C=O) groups is 1. The van der Waals surface area contributed by atoms with Crippen LogP contribution in [0.15, 0.2) is 72.8 Å². The third-order valence-corrected chi connectivity index (χ3v) is 5.85. The minimum Gasteiger partial charge on any atom is -0.366 e. The Morgan fingerprint density at radius 2 is 1.72 bits per heavy atom. The summed E-state index contributed by atoms with van der Waals surface area (Å²) >= 11 is 6.02. The average molecular weight is 446 g/mol. The largest absolute Gasteiger partial charge is 0.366 e. The van der Waals surface area contributed by atoms with Crippen LogP contribution in [0.4, 0.5) is 8.78 Å². The summed E-state index contributed by atoms with van der Waals surface area (Å²) in [4.78, 5) is 12.1. The van der Waals surface area contributed by atoms with Crippen molar-refractivity contribution in [2.24, 2.45) is 5.73 Å². The SMILES string of the molecule is NC(=O)c1cccc2c1c1[c]cc(-c3ccc(Cl)cc3)cc1n2Cc1cccc(F)c1F. The number of aromatic nitrogens is 1. The van der Waals surface area contributed by atoms with Crippen LogP contribution in [0.2, 0.25) is 5.02 Å². The topological polar surface area (TPSA) is 48.0 Å². The van der Waals surface area contributed by atoms with E-state index >= 15 is 0 Å². The molecule has 0 spiro atoms. The molecule has 0 saturated carbocycles. The lowest BCUT2D eigenvalue weighted by Crippen LogP contribution is -2.11. The molecule has 5 rings (SSSR count). The van der Waals surface area contributed by atoms with Gasteiger partial charge in [0.05, 0.1) is 17.6 Å². The lowest BCUT2D eigenvalue weighted by Gasteiger charge is -2.10. The summed E-state index contributed by atoms with van der Waals surface area (Å²) in [6.07, 6.45) is 0. The van der Waals surface area contributed by atoms with Crippen LogP contribution in [0.5, 0.6) is 0 Å². The van der Waals surface area contributed by atoms with Gasteiger partial charge in [-0.15, -0.1) is 0 Å². The number of benzene rings is 4. The average Bonchev–Trinajstić information content (AvgIpc) is 3.10. The normalized spacial score (nSPS) is 11.3. The van der Waals surface area contributed by atoms with E-state index in [1.165, 1.54) is 6.07 Å². The second-order valence-electron chi connectivity index (χ2n) is 7.52. The lowest BCUT2D eigenvalue weighted by atomic mass is 10.0. The Morgan fingerprint density at radius 1 is 0.969 bits per heavy atom. The van der Waals surface area contributed by atoms with Crippen LogP contribution in [-0.4, -0.2) is 10.5 Å². The molecule has 0 saturated heterocycles. The van der Waals surface area contributed by atoms with Gasteiger partial charge in [0.2, 0.25) is 5.91 Å². The molecule has 157 valence electrons. The van der Waals surface area contributed by atoms with Crippen molar-refractivity contribution in [2.75, 3.05) is 0 Å². The van der Waals surface area contributed by atoms with E-state index in [0.29, 0.717) is 26.9 Å². The Balaban J connectivity index is 1.81. The molecule has 0 aliphatic heterocycles. The Bertz CT molecular complexity index is 1510. The summed E-state index contributed by atoms with van der Waals surface area (Å²) < 4.78 is 30.2. The summed E-state index contributed by atoms with van der Waals surface area (Å²) in [5.41, 5.74) is 9.39. The van der Waals surface area contributed by atoms with Crippen molar-refractivity contribution in [1.82, 2.24) is 4.57 Å². The zero-order valence-electron chi connectivity index (χ0n) is 16.7. The number of nitrogens with two attached hydrogens (primary N) is 1. The molecule has 5 aromatic rings. The van der Waals surface area contributed by atoms with Gasteiger partial charge in [0.15, 0.2) is 11.6 Å². The van der Waals surface area contributed by atoms with Gasteiger partial charge in [0.1, 0.15) is 0 Å². The molecule has 1 heterocycles. The molecule has 0 atom stereocenters. The Labute approximate surface area is 187 Å². The molecule has 0 aliphatic carbocycles. The van der Waals surface area contributed by atoms with Crippen molar-refractivity contribution in [3.8, 4) is 11.1 Å². The molecule has 3 nitrogen and oxygen atoms in total. The minimum absolute atomic E-state index is 0.0731. The van der Waals surface area contributed by atoms with E-state index in [0.717, 1.165) is 22.7 Å². The fourth-order valence-corrected chi connectivity index (χ4v) is 4.21. The van der Waals surface area contributed by atoms with Crippen molar-refractivity contribution in [1.29, 1.82) is 0 Å². The first-order chi connectivity index (χ1) is 15.4. The van der Waals surface area contributed by atoms with Gasteiger partial charge < -0.3 is 10.3 Å². The predicted octanol–water partition coefficient (Wildman–Crippen LogP) is 6.34. The van der Waals surface area contributed by atoms with Gasteiger partial charge in [-0.3, -0.25) is 4.79 Å². The summed E-state index contributed by atoms with van der Waals surface area (Å²) in [5.74, 6) is -2.37. The van der Waals surface area contributed by atoms with Gasteiger partial charge in [0.25, 0.3) is 0 Å². The fourth-order valence-electron chi connectivity index (χ4n) is 4.08. The first kappa shape index (κ1) is 20.2. The van der Waals surface area contributed by atoms with Crippen molar-refractivity contribution in [3.63, 3.8) is 0 Å². The van der Waals surface area contributed by atoms with Crippen molar-refractivity contribution in [3.05, 3.63) is 107 Å². The molecule has 0 fully saturated rings. The fraction of sp³-hybridized carbons (Fsp3) is 0.0385. The number of hydrogen-bond acceptors (Lipinski definition) is 1. The van der Waals surface area contributed by atoms with Gasteiger partial charge in [-0.2, -0.15) is 0 Å². The zero-order valence-corrected chi connectivity index (χ0v) is 17.5. The molecule has 0 aliphatic rings. The van der Waals surface area contributed by atoms with Crippen LogP contribution in [0.3, 0.4) is 0 Å². The summed E-state index contributed by atoms with van der Waals surface area (Å²) in [6, 6.07) is 23.7. The van der Waals surface area contributed by atoms with Crippen LogP contribution in [0, 0.1) is 17.7 Å². The Kier molecular flexibility index (Phi) is 4.91. The van der Waals surface area contributed by atoms with Gasteiger partial charge >= 0.3 is 0 Å². The van der Waals surface area contributed by atoms with Crippen LogP contribution in [0.1, 0.15) is 15.9 Å². The number of nitrogens with zero attached hydrogens (tertiary/aromatic N) is 1. The molecule has 0 bridgehead atoms. The highest BCUT2D eigenvalue weighted by Gasteiger charge is 2.19. The monoisotopic (exact) mass is 445 g/mol. The van der Waals surface area contributed by atoms with Crippen molar-refractivity contribution >= 4 is 39.3 Å². The van der Waals surface area contributed by atoms with E-state index in [-0.39, 0.29) is 12.1 Å². The van der Waals surface area contributed by atoms with Gasteiger partial charge in [-0.1, -0.05) is 41.9 Å². The van der Waals surface area contributed by atoms with Crippen LogP contribution in [-0.2, 0) is 6.54 Å². The Hall–Kier alpha value is -3.70. The number of halogens is 3. The molecule has 1 radical (unpaired) electrons. The molecular formula is C26H16ClF2N2O. The molecule has 6 heteroatoms. The molecule has 4 aromatic carbocycles. The van der Waals surface area contributed by atoms with E-state index in [1.807, 2.05) is 34.9 Å². The number of primary amides is 1. The van der Waals surface area contributed by atoms with E-state index in [9.17, 15) is 13.6 Å². The third-order valence-electron chi connectivity index (χ3n) is 5.60. The first-order valence-corrected chi connectivity index (χ1v) is 10.3. The van der Waals surface area contributed by atoms with Crippen molar-refractivity contribution in [2.45, 2.75) is 6.54 Å².